The third-order valence-electron chi connectivity index (χ3n) is 2.50. The van der Waals surface area contributed by atoms with Crippen LogP contribution in [0.15, 0.2) is 15.1 Å². The lowest BCUT2D eigenvalue weighted by molar-refractivity contribution is -0.130. The molecule has 0 unspecified atom stereocenters. The molecule has 0 amide bonds. The number of alkyl halides is 5. The molecule has 0 aliphatic carbocycles. The van der Waals surface area contributed by atoms with Crippen LogP contribution in [-0.4, -0.2) is 21.4 Å². The zero-order chi connectivity index (χ0) is 16.7. The minimum atomic E-state index is -4.52. The highest BCUT2D eigenvalue weighted by molar-refractivity contribution is 9.10. The smallest absolute Gasteiger partial charge is 0.397 e. The molecule has 0 aromatic carbocycles. The molecular weight excluding hydrogens is 379 g/mol. The van der Waals surface area contributed by atoms with E-state index >= 15 is 0 Å². The molecule has 120 valence electrons. The summed E-state index contributed by atoms with van der Waals surface area (Å²) in [7, 11) is 0. The molecule has 0 aliphatic heterocycles. The molecule has 0 radical (unpaired) electrons. The van der Waals surface area contributed by atoms with Gasteiger partial charge in [0.2, 0.25) is 5.89 Å². The molecule has 2 aromatic heterocycles. The van der Waals surface area contributed by atoms with Crippen molar-refractivity contribution in [2.24, 2.45) is 0 Å². The lowest BCUT2D eigenvalue weighted by Gasteiger charge is -2.13. The highest BCUT2D eigenvalue weighted by atomic mass is 79.9. The first-order valence-electron chi connectivity index (χ1n) is 5.71. The first-order valence-corrected chi connectivity index (χ1v) is 6.50. The van der Waals surface area contributed by atoms with Gasteiger partial charge in [-0.3, -0.25) is 0 Å². The standard InChI is InChI=1S/C11H8BrF5N4O/c1-10(13,14)4-2-5(18)7(19-8(4)12)9-21-20-6(22-9)3-11(15,16)17/h2H,3,18H2,1H3. The van der Waals surface area contributed by atoms with Gasteiger partial charge in [-0.1, -0.05) is 0 Å². The van der Waals surface area contributed by atoms with Crippen LogP contribution in [0.5, 0.6) is 0 Å². The van der Waals surface area contributed by atoms with Crippen LogP contribution in [0.4, 0.5) is 27.6 Å². The van der Waals surface area contributed by atoms with Gasteiger partial charge >= 0.3 is 6.18 Å². The van der Waals surface area contributed by atoms with Gasteiger partial charge < -0.3 is 10.2 Å². The van der Waals surface area contributed by atoms with Crippen LogP contribution in [0, 0.1) is 0 Å². The Morgan fingerprint density at radius 2 is 1.86 bits per heavy atom. The van der Waals surface area contributed by atoms with E-state index in [9.17, 15) is 22.0 Å². The van der Waals surface area contributed by atoms with Crippen LogP contribution >= 0.6 is 15.9 Å². The summed E-state index contributed by atoms with van der Waals surface area (Å²) in [6.45, 7) is 0.655. The van der Waals surface area contributed by atoms with Gasteiger partial charge in [0, 0.05) is 6.92 Å². The Hall–Kier alpha value is -1.78. The maximum absolute atomic E-state index is 13.3. The van der Waals surface area contributed by atoms with E-state index in [1.54, 1.807) is 0 Å². The van der Waals surface area contributed by atoms with Crippen LogP contribution in [0.2, 0.25) is 0 Å². The number of hydrogen-bond donors (Lipinski definition) is 1. The highest BCUT2D eigenvalue weighted by Gasteiger charge is 2.32. The Balaban J connectivity index is 2.40. The van der Waals surface area contributed by atoms with Gasteiger partial charge in [0.15, 0.2) is 5.69 Å². The van der Waals surface area contributed by atoms with E-state index in [0.717, 1.165) is 6.07 Å². The molecular formula is C11H8BrF5N4O. The Morgan fingerprint density at radius 1 is 1.23 bits per heavy atom. The normalized spacial score (nSPS) is 12.7. The summed E-state index contributed by atoms with van der Waals surface area (Å²) < 4.78 is 67.9. The highest BCUT2D eigenvalue weighted by Crippen LogP contribution is 2.36. The van der Waals surface area contributed by atoms with E-state index in [4.69, 9.17) is 10.2 Å². The van der Waals surface area contributed by atoms with Crippen molar-refractivity contribution in [3.63, 3.8) is 0 Å². The minimum absolute atomic E-state index is 0.180. The molecule has 22 heavy (non-hydrogen) atoms. The summed E-state index contributed by atoms with van der Waals surface area (Å²) in [4.78, 5) is 3.75. The summed E-state index contributed by atoms with van der Waals surface area (Å²) in [6.07, 6.45) is -5.93. The van der Waals surface area contributed by atoms with Gasteiger partial charge in [0.1, 0.15) is 11.0 Å². The lowest BCUT2D eigenvalue weighted by Crippen LogP contribution is -2.11. The predicted octanol–water partition coefficient (Wildman–Crippen LogP) is 3.69. The molecule has 0 aliphatic rings. The summed E-state index contributed by atoms with van der Waals surface area (Å²) >= 11 is 2.85. The molecule has 2 heterocycles. The largest absolute Gasteiger partial charge is 0.419 e. The van der Waals surface area contributed by atoms with Gasteiger partial charge in [0.05, 0.1) is 11.3 Å². The van der Waals surface area contributed by atoms with E-state index in [-0.39, 0.29) is 21.9 Å². The third-order valence-corrected chi connectivity index (χ3v) is 3.10. The molecule has 0 saturated carbocycles. The fraction of sp³-hybridized carbons (Fsp3) is 0.364. The average Bonchev–Trinajstić information content (AvgIpc) is 2.76. The summed E-state index contributed by atoms with van der Waals surface area (Å²) in [6, 6.07) is 0.944. The van der Waals surface area contributed by atoms with E-state index in [1.165, 1.54) is 0 Å². The van der Waals surface area contributed by atoms with Crippen LogP contribution in [-0.2, 0) is 12.3 Å². The van der Waals surface area contributed by atoms with Crippen LogP contribution in [0.3, 0.4) is 0 Å². The van der Waals surface area contributed by atoms with Gasteiger partial charge in [-0.2, -0.15) is 13.2 Å². The summed E-state index contributed by atoms with van der Waals surface area (Å²) in [5, 5.41) is 6.62. The number of aromatic nitrogens is 3. The Labute approximate surface area is 128 Å². The van der Waals surface area contributed by atoms with E-state index in [0.29, 0.717) is 6.92 Å². The number of halogens is 6. The van der Waals surface area contributed by atoms with Gasteiger partial charge in [-0.05, 0) is 22.0 Å². The molecule has 2 rings (SSSR count). The van der Waals surface area contributed by atoms with E-state index < -0.39 is 30.0 Å². The predicted molar refractivity (Wildman–Crippen MR) is 69.0 cm³/mol. The Kier molecular flexibility index (Phi) is 4.11. The zero-order valence-electron chi connectivity index (χ0n) is 10.9. The maximum atomic E-state index is 13.3. The van der Waals surface area contributed by atoms with Gasteiger partial charge in [-0.25, -0.2) is 13.8 Å². The number of nitrogen functional groups attached to an aromatic ring is 1. The van der Waals surface area contributed by atoms with Crippen molar-refractivity contribution in [2.45, 2.75) is 25.4 Å². The maximum Gasteiger partial charge on any atom is 0.397 e. The molecule has 2 N–H and O–H groups in total. The SMILES string of the molecule is CC(F)(F)c1cc(N)c(-c2nnc(CC(F)(F)F)o2)nc1Br. The topological polar surface area (TPSA) is 77.8 Å². The number of nitrogens with zero attached hydrogens (tertiary/aromatic N) is 3. The molecule has 0 saturated heterocycles. The monoisotopic (exact) mass is 386 g/mol. The van der Waals surface area contributed by atoms with Crippen LogP contribution in [0.1, 0.15) is 18.4 Å². The number of nitrogens with two attached hydrogens (primary N) is 1. The molecule has 0 fully saturated rings. The molecule has 11 heteroatoms. The lowest BCUT2D eigenvalue weighted by atomic mass is 10.1. The number of hydrogen-bond acceptors (Lipinski definition) is 5. The van der Waals surface area contributed by atoms with Crippen molar-refractivity contribution >= 4 is 21.6 Å². The van der Waals surface area contributed by atoms with Crippen molar-refractivity contribution < 1.29 is 26.4 Å². The number of rotatable bonds is 3. The molecule has 2 aromatic rings. The van der Waals surface area contributed by atoms with Crippen molar-refractivity contribution in [2.75, 3.05) is 5.73 Å². The summed E-state index contributed by atoms with van der Waals surface area (Å²) in [5.74, 6) is -4.26. The van der Waals surface area contributed by atoms with E-state index in [1.807, 2.05) is 0 Å². The fourth-order valence-electron chi connectivity index (χ4n) is 1.58. The third kappa shape index (κ3) is 3.70. The van der Waals surface area contributed by atoms with E-state index in [2.05, 4.69) is 31.1 Å². The van der Waals surface area contributed by atoms with Gasteiger partial charge in [-0.15, -0.1) is 10.2 Å². The molecule has 0 atom stereocenters. The molecule has 5 nitrogen and oxygen atoms in total. The fourth-order valence-corrected chi connectivity index (χ4v) is 2.22. The minimum Gasteiger partial charge on any atom is -0.419 e. The second-order valence-electron chi connectivity index (χ2n) is 4.45. The van der Waals surface area contributed by atoms with Crippen LogP contribution < -0.4 is 5.73 Å². The molecule has 0 spiro atoms. The first kappa shape index (κ1) is 16.6. The van der Waals surface area contributed by atoms with Crippen molar-refractivity contribution in [1.82, 2.24) is 15.2 Å². The Morgan fingerprint density at radius 3 is 2.41 bits per heavy atom. The summed E-state index contributed by atoms with van der Waals surface area (Å²) in [5.41, 5.74) is 4.72. The second kappa shape index (κ2) is 5.45. The number of anilines is 1. The van der Waals surface area contributed by atoms with Crippen molar-refractivity contribution in [3.8, 4) is 11.6 Å². The van der Waals surface area contributed by atoms with Gasteiger partial charge in [0.25, 0.3) is 11.8 Å². The quantitative estimate of drug-likeness (QED) is 0.642. The average molecular weight is 387 g/mol. The van der Waals surface area contributed by atoms with Crippen molar-refractivity contribution in [1.29, 1.82) is 0 Å². The van der Waals surface area contributed by atoms with Crippen molar-refractivity contribution in [3.05, 3.63) is 22.1 Å². The number of pyridine rings is 1. The molecule has 0 bridgehead atoms. The second-order valence-corrected chi connectivity index (χ2v) is 5.20. The van der Waals surface area contributed by atoms with Crippen LogP contribution in [0.25, 0.3) is 11.6 Å². The first-order chi connectivity index (χ1) is 9.97. The Bertz CT molecular complexity index is 695. The zero-order valence-corrected chi connectivity index (χ0v) is 12.5.